The molecule has 0 bridgehead atoms. The first kappa shape index (κ1) is 10.3. The first-order valence-electron chi connectivity index (χ1n) is 5.55. The summed E-state index contributed by atoms with van der Waals surface area (Å²) in [5.41, 5.74) is 1.64. The highest BCUT2D eigenvalue weighted by atomic mass is 16.5. The molecule has 2 heterocycles. The molecule has 88 valence electrons. The number of benzene rings is 1. The van der Waals surface area contributed by atoms with E-state index in [4.69, 9.17) is 4.74 Å². The minimum atomic E-state index is -0.105. The summed E-state index contributed by atoms with van der Waals surface area (Å²) in [6.07, 6.45) is 1.41. The highest BCUT2D eigenvalue weighted by Gasteiger charge is 2.23. The number of aromatic nitrogens is 2. The van der Waals surface area contributed by atoms with Crippen molar-refractivity contribution in [1.82, 2.24) is 15.3 Å². The Morgan fingerprint density at radius 2 is 2.24 bits per heavy atom. The van der Waals surface area contributed by atoms with Gasteiger partial charge < -0.3 is 15.0 Å². The van der Waals surface area contributed by atoms with Crippen molar-refractivity contribution in [2.45, 2.75) is 5.92 Å². The molecule has 5 heteroatoms. The fourth-order valence-electron chi connectivity index (χ4n) is 2.12. The Morgan fingerprint density at radius 1 is 1.41 bits per heavy atom. The number of aromatic amines is 1. The number of hydrogen-bond donors (Lipinski definition) is 2. The Labute approximate surface area is 97.8 Å². The van der Waals surface area contributed by atoms with Gasteiger partial charge in [0.25, 0.3) is 5.56 Å². The number of rotatable bonds is 2. The molecular weight excluding hydrogens is 218 g/mol. The van der Waals surface area contributed by atoms with E-state index in [9.17, 15) is 4.79 Å². The van der Waals surface area contributed by atoms with Gasteiger partial charge in [0.05, 0.1) is 24.3 Å². The summed E-state index contributed by atoms with van der Waals surface area (Å²) in [5, 5.41) is 3.84. The van der Waals surface area contributed by atoms with E-state index in [1.165, 1.54) is 6.33 Å². The lowest BCUT2D eigenvalue weighted by Gasteiger charge is -2.28. The van der Waals surface area contributed by atoms with Crippen LogP contribution in [0.1, 0.15) is 11.5 Å². The molecule has 0 spiro atoms. The number of methoxy groups -OCH3 is 1. The SMILES string of the molecule is COc1cc2nc[nH]c(=O)c2cc1C1CNC1. The van der Waals surface area contributed by atoms with Crippen molar-refractivity contribution in [3.05, 3.63) is 34.4 Å². The minimum absolute atomic E-state index is 0.105. The Morgan fingerprint density at radius 3 is 2.88 bits per heavy atom. The van der Waals surface area contributed by atoms with Gasteiger partial charge in [-0.3, -0.25) is 4.79 Å². The quantitative estimate of drug-likeness (QED) is 0.795. The maximum Gasteiger partial charge on any atom is 0.258 e. The molecule has 0 atom stereocenters. The van der Waals surface area contributed by atoms with E-state index < -0.39 is 0 Å². The summed E-state index contributed by atoms with van der Waals surface area (Å²) in [4.78, 5) is 18.4. The summed E-state index contributed by atoms with van der Waals surface area (Å²) < 4.78 is 5.37. The lowest BCUT2D eigenvalue weighted by Crippen LogP contribution is -2.40. The second-order valence-corrected chi connectivity index (χ2v) is 4.20. The van der Waals surface area contributed by atoms with Crippen LogP contribution in [0.15, 0.2) is 23.3 Å². The van der Waals surface area contributed by atoms with Crippen molar-refractivity contribution in [1.29, 1.82) is 0 Å². The van der Waals surface area contributed by atoms with Crippen LogP contribution in [0.2, 0.25) is 0 Å². The van der Waals surface area contributed by atoms with Gasteiger partial charge in [-0.2, -0.15) is 0 Å². The molecule has 17 heavy (non-hydrogen) atoms. The molecule has 0 radical (unpaired) electrons. The third-order valence-corrected chi connectivity index (χ3v) is 3.21. The molecule has 1 aromatic heterocycles. The van der Waals surface area contributed by atoms with E-state index >= 15 is 0 Å². The van der Waals surface area contributed by atoms with Crippen molar-refractivity contribution < 1.29 is 4.74 Å². The van der Waals surface area contributed by atoms with E-state index in [0.29, 0.717) is 16.8 Å². The third kappa shape index (κ3) is 1.59. The zero-order chi connectivity index (χ0) is 11.8. The van der Waals surface area contributed by atoms with Crippen LogP contribution in [-0.2, 0) is 0 Å². The molecular formula is C12H13N3O2. The van der Waals surface area contributed by atoms with Gasteiger partial charge in [-0.25, -0.2) is 4.98 Å². The number of nitrogens with zero attached hydrogens (tertiary/aromatic N) is 1. The Bertz CT molecular complexity index is 617. The van der Waals surface area contributed by atoms with Gasteiger partial charge in [-0.15, -0.1) is 0 Å². The summed E-state index contributed by atoms with van der Waals surface area (Å²) in [5.74, 6) is 1.23. The van der Waals surface area contributed by atoms with Crippen LogP contribution in [0.5, 0.6) is 5.75 Å². The second-order valence-electron chi connectivity index (χ2n) is 4.20. The molecule has 3 rings (SSSR count). The van der Waals surface area contributed by atoms with Crippen molar-refractivity contribution in [2.75, 3.05) is 20.2 Å². The number of H-pyrrole nitrogens is 1. The molecule has 1 fully saturated rings. The molecule has 1 saturated heterocycles. The first-order valence-corrected chi connectivity index (χ1v) is 5.55. The molecule has 0 unspecified atom stereocenters. The average molecular weight is 231 g/mol. The molecule has 1 aliphatic heterocycles. The van der Waals surface area contributed by atoms with Crippen LogP contribution in [-0.4, -0.2) is 30.2 Å². The van der Waals surface area contributed by atoms with Crippen LogP contribution in [0, 0.1) is 0 Å². The lowest BCUT2D eigenvalue weighted by molar-refractivity contribution is 0.386. The Balaban J connectivity index is 2.25. The number of nitrogens with one attached hydrogen (secondary N) is 2. The van der Waals surface area contributed by atoms with E-state index in [1.54, 1.807) is 7.11 Å². The number of ether oxygens (including phenoxy) is 1. The smallest absolute Gasteiger partial charge is 0.258 e. The van der Waals surface area contributed by atoms with Crippen LogP contribution >= 0.6 is 0 Å². The highest BCUT2D eigenvalue weighted by molar-refractivity contribution is 5.80. The summed E-state index contributed by atoms with van der Waals surface area (Å²) >= 11 is 0. The maximum absolute atomic E-state index is 11.7. The summed E-state index contributed by atoms with van der Waals surface area (Å²) in [6.45, 7) is 1.86. The van der Waals surface area contributed by atoms with Crippen molar-refractivity contribution in [2.24, 2.45) is 0 Å². The highest BCUT2D eigenvalue weighted by Crippen LogP contribution is 2.31. The summed E-state index contributed by atoms with van der Waals surface area (Å²) in [7, 11) is 1.64. The lowest BCUT2D eigenvalue weighted by atomic mass is 9.92. The first-order chi connectivity index (χ1) is 8.29. The molecule has 5 nitrogen and oxygen atoms in total. The van der Waals surface area contributed by atoms with Crippen molar-refractivity contribution >= 4 is 10.9 Å². The van der Waals surface area contributed by atoms with E-state index in [0.717, 1.165) is 24.4 Å². The Kier molecular flexibility index (Phi) is 2.33. The van der Waals surface area contributed by atoms with Crippen LogP contribution in [0.25, 0.3) is 10.9 Å². The van der Waals surface area contributed by atoms with E-state index in [2.05, 4.69) is 15.3 Å². The standard InChI is InChI=1S/C12H13N3O2/c1-17-11-3-10-9(12(16)15-6-14-10)2-8(11)7-4-13-5-7/h2-3,6-7,13H,4-5H2,1H3,(H,14,15,16). The molecule has 1 aliphatic rings. The molecule has 2 aromatic rings. The number of hydrogen-bond acceptors (Lipinski definition) is 4. The molecule has 0 saturated carbocycles. The second kappa shape index (κ2) is 3.85. The fraction of sp³-hybridized carbons (Fsp3) is 0.333. The average Bonchev–Trinajstić information content (AvgIpc) is 2.27. The van der Waals surface area contributed by atoms with Crippen LogP contribution < -0.4 is 15.6 Å². The molecule has 1 aromatic carbocycles. The van der Waals surface area contributed by atoms with E-state index in [1.807, 2.05) is 12.1 Å². The van der Waals surface area contributed by atoms with Gasteiger partial charge in [-0.1, -0.05) is 0 Å². The largest absolute Gasteiger partial charge is 0.496 e. The normalized spacial score (nSPS) is 15.8. The maximum atomic E-state index is 11.7. The summed E-state index contributed by atoms with van der Waals surface area (Å²) in [6, 6.07) is 3.73. The molecule has 0 aliphatic carbocycles. The Hall–Kier alpha value is -1.88. The topological polar surface area (TPSA) is 67.0 Å². The van der Waals surface area contributed by atoms with Crippen LogP contribution in [0.4, 0.5) is 0 Å². The monoisotopic (exact) mass is 231 g/mol. The zero-order valence-corrected chi connectivity index (χ0v) is 9.49. The van der Waals surface area contributed by atoms with Crippen molar-refractivity contribution in [3.8, 4) is 5.75 Å². The third-order valence-electron chi connectivity index (χ3n) is 3.21. The molecule has 2 N–H and O–H groups in total. The van der Waals surface area contributed by atoms with Gasteiger partial charge in [0.1, 0.15) is 5.75 Å². The van der Waals surface area contributed by atoms with Crippen molar-refractivity contribution in [3.63, 3.8) is 0 Å². The minimum Gasteiger partial charge on any atom is -0.496 e. The molecule has 0 amide bonds. The van der Waals surface area contributed by atoms with E-state index in [-0.39, 0.29) is 5.56 Å². The van der Waals surface area contributed by atoms with Crippen LogP contribution in [0.3, 0.4) is 0 Å². The van der Waals surface area contributed by atoms with Gasteiger partial charge in [-0.05, 0) is 6.07 Å². The van der Waals surface area contributed by atoms with Gasteiger partial charge in [0.15, 0.2) is 0 Å². The van der Waals surface area contributed by atoms with Gasteiger partial charge in [0.2, 0.25) is 0 Å². The predicted octanol–water partition coefficient (Wildman–Crippen LogP) is 0.618. The van der Waals surface area contributed by atoms with Gasteiger partial charge in [0, 0.05) is 30.6 Å². The zero-order valence-electron chi connectivity index (χ0n) is 9.49. The predicted molar refractivity (Wildman–Crippen MR) is 64.5 cm³/mol. The van der Waals surface area contributed by atoms with Gasteiger partial charge >= 0.3 is 0 Å². The number of fused-ring (bicyclic) bond motifs is 1. The fourth-order valence-corrected chi connectivity index (χ4v) is 2.12.